The van der Waals surface area contributed by atoms with Crippen molar-refractivity contribution in [2.24, 2.45) is 11.7 Å². The molecular formula is C6H15NO. The number of methoxy groups -OCH3 is 1. The minimum Gasteiger partial charge on any atom is -0.380 e. The molecule has 50 valence electrons. The van der Waals surface area contributed by atoms with Gasteiger partial charge in [-0.15, -0.1) is 0 Å². The zero-order valence-electron chi connectivity index (χ0n) is 5.85. The van der Waals surface area contributed by atoms with E-state index in [0.717, 1.165) is 0 Å². The SMILES string of the molecule is COC(CN)C(C)C. The van der Waals surface area contributed by atoms with Gasteiger partial charge in [0.05, 0.1) is 6.10 Å². The summed E-state index contributed by atoms with van der Waals surface area (Å²) in [5.41, 5.74) is 5.36. The van der Waals surface area contributed by atoms with Crippen molar-refractivity contribution in [1.29, 1.82) is 0 Å². The summed E-state index contributed by atoms with van der Waals surface area (Å²) < 4.78 is 5.04. The van der Waals surface area contributed by atoms with E-state index in [1.54, 1.807) is 7.11 Å². The first kappa shape index (κ1) is 7.92. The Hall–Kier alpha value is -0.0800. The van der Waals surface area contributed by atoms with Crippen LogP contribution in [0.2, 0.25) is 0 Å². The van der Waals surface area contributed by atoms with Crippen LogP contribution in [-0.2, 0) is 4.74 Å². The van der Waals surface area contributed by atoms with Crippen molar-refractivity contribution >= 4 is 0 Å². The Labute approximate surface area is 51.0 Å². The lowest BCUT2D eigenvalue weighted by Gasteiger charge is -2.15. The fourth-order valence-electron chi connectivity index (χ4n) is 0.641. The molecule has 0 rings (SSSR count). The molecule has 0 amide bonds. The van der Waals surface area contributed by atoms with E-state index in [2.05, 4.69) is 13.8 Å². The molecular weight excluding hydrogens is 102 g/mol. The third-order valence-electron chi connectivity index (χ3n) is 1.28. The molecule has 8 heavy (non-hydrogen) atoms. The second kappa shape index (κ2) is 3.87. The van der Waals surface area contributed by atoms with Crippen molar-refractivity contribution in [2.45, 2.75) is 20.0 Å². The van der Waals surface area contributed by atoms with Crippen LogP contribution in [0.4, 0.5) is 0 Å². The van der Waals surface area contributed by atoms with Crippen LogP contribution < -0.4 is 5.73 Å². The molecule has 0 saturated heterocycles. The van der Waals surface area contributed by atoms with Crippen LogP contribution >= 0.6 is 0 Å². The lowest BCUT2D eigenvalue weighted by atomic mass is 10.1. The van der Waals surface area contributed by atoms with Crippen molar-refractivity contribution in [3.8, 4) is 0 Å². The molecule has 0 fully saturated rings. The lowest BCUT2D eigenvalue weighted by molar-refractivity contribution is 0.0721. The molecule has 0 radical (unpaired) electrons. The van der Waals surface area contributed by atoms with Crippen LogP contribution in [0.1, 0.15) is 13.8 Å². The summed E-state index contributed by atoms with van der Waals surface area (Å²) in [6.07, 6.45) is 0.231. The number of hydrogen-bond donors (Lipinski definition) is 1. The number of ether oxygens (including phenoxy) is 1. The number of nitrogens with two attached hydrogens (primary N) is 1. The largest absolute Gasteiger partial charge is 0.380 e. The van der Waals surface area contributed by atoms with Gasteiger partial charge in [-0.2, -0.15) is 0 Å². The topological polar surface area (TPSA) is 35.2 Å². The van der Waals surface area contributed by atoms with Crippen molar-refractivity contribution in [1.82, 2.24) is 0 Å². The van der Waals surface area contributed by atoms with Gasteiger partial charge in [0.25, 0.3) is 0 Å². The van der Waals surface area contributed by atoms with E-state index in [4.69, 9.17) is 10.5 Å². The molecule has 0 aliphatic carbocycles. The summed E-state index contributed by atoms with van der Waals surface area (Å²) in [5.74, 6) is 0.532. The maximum atomic E-state index is 5.36. The van der Waals surface area contributed by atoms with Crippen LogP contribution in [0.15, 0.2) is 0 Å². The second-order valence-corrected chi connectivity index (χ2v) is 2.25. The summed E-state index contributed by atoms with van der Waals surface area (Å²) in [7, 11) is 1.69. The molecule has 1 atom stereocenters. The van der Waals surface area contributed by atoms with Gasteiger partial charge >= 0.3 is 0 Å². The zero-order valence-corrected chi connectivity index (χ0v) is 5.85. The van der Waals surface area contributed by atoms with Crippen LogP contribution in [0.5, 0.6) is 0 Å². The van der Waals surface area contributed by atoms with Gasteiger partial charge in [-0.05, 0) is 5.92 Å². The maximum Gasteiger partial charge on any atom is 0.0716 e. The molecule has 0 saturated carbocycles. The van der Waals surface area contributed by atoms with Gasteiger partial charge in [0.2, 0.25) is 0 Å². The van der Waals surface area contributed by atoms with Gasteiger partial charge in [0.1, 0.15) is 0 Å². The van der Waals surface area contributed by atoms with Gasteiger partial charge < -0.3 is 10.5 Å². The minimum atomic E-state index is 0.231. The van der Waals surface area contributed by atoms with E-state index in [9.17, 15) is 0 Å². The van der Waals surface area contributed by atoms with E-state index in [-0.39, 0.29) is 6.10 Å². The smallest absolute Gasteiger partial charge is 0.0716 e. The van der Waals surface area contributed by atoms with Gasteiger partial charge in [0.15, 0.2) is 0 Å². The van der Waals surface area contributed by atoms with Crippen LogP contribution in [0, 0.1) is 5.92 Å². The van der Waals surface area contributed by atoms with E-state index in [1.165, 1.54) is 0 Å². The average molecular weight is 117 g/mol. The Morgan fingerprint density at radius 1 is 1.50 bits per heavy atom. The summed E-state index contributed by atoms with van der Waals surface area (Å²) >= 11 is 0. The standard InChI is InChI=1S/C6H15NO/c1-5(2)6(4-7)8-3/h5-6H,4,7H2,1-3H3. The fraction of sp³-hybridized carbons (Fsp3) is 1.00. The summed E-state index contributed by atoms with van der Waals surface area (Å²) in [4.78, 5) is 0. The van der Waals surface area contributed by atoms with Crippen LogP contribution in [0.3, 0.4) is 0 Å². The maximum absolute atomic E-state index is 5.36. The van der Waals surface area contributed by atoms with Crippen molar-refractivity contribution in [2.75, 3.05) is 13.7 Å². The Kier molecular flexibility index (Phi) is 3.83. The highest BCUT2D eigenvalue weighted by Gasteiger charge is 2.07. The molecule has 0 aliphatic rings. The molecule has 0 bridgehead atoms. The molecule has 1 unspecified atom stereocenters. The molecule has 2 N–H and O–H groups in total. The zero-order chi connectivity index (χ0) is 6.57. The molecule has 0 aromatic carbocycles. The van der Waals surface area contributed by atoms with E-state index >= 15 is 0 Å². The first-order valence-electron chi connectivity index (χ1n) is 2.95. The quantitative estimate of drug-likeness (QED) is 0.588. The minimum absolute atomic E-state index is 0.231. The second-order valence-electron chi connectivity index (χ2n) is 2.25. The predicted molar refractivity (Wildman–Crippen MR) is 34.7 cm³/mol. The summed E-state index contributed by atoms with van der Waals surface area (Å²) in [5, 5.41) is 0. The normalized spacial score (nSPS) is 14.6. The highest BCUT2D eigenvalue weighted by Crippen LogP contribution is 2.01. The van der Waals surface area contributed by atoms with Crippen molar-refractivity contribution in [3.63, 3.8) is 0 Å². The molecule has 0 aliphatic heterocycles. The van der Waals surface area contributed by atoms with Crippen molar-refractivity contribution < 1.29 is 4.74 Å². The number of rotatable bonds is 3. The van der Waals surface area contributed by atoms with Gasteiger partial charge in [0, 0.05) is 13.7 Å². The third kappa shape index (κ3) is 2.28. The van der Waals surface area contributed by atoms with Gasteiger partial charge in [-0.25, -0.2) is 0 Å². The molecule has 2 nitrogen and oxygen atoms in total. The van der Waals surface area contributed by atoms with Crippen molar-refractivity contribution in [3.05, 3.63) is 0 Å². The van der Waals surface area contributed by atoms with Crippen LogP contribution in [-0.4, -0.2) is 19.8 Å². The molecule has 0 aromatic rings. The Morgan fingerprint density at radius 3 is 2.00 bits per heavy atom. The summed E-state index contributed by atoms with van der Waals surface area (Å²) in [6.45, 7) is 4.82. The first-order chi connectivity index (χ1) is 3.72. The van der Waals surface area contributed by atoms with E-state index in [1.807, 2.05) is 0 Å². The number of hydrogen-bond acceptors (Lipinski definition) is 2. The molecule has 0 spiro atoms. The van der Waals surface area contributed by atoms with E-state index < -0.39 is 0 Å². The Morgan fingerprint density at radius 2 is 2.00 bits per heavy atom. The summed E-state index contributed by atoms with van der Waals surface area (Å²) in [6, 6.07) is 0. The Bertz CT molecular complexity index is 50.5. The first-order valence-corrected chi connectivity index (χ1v) is 2.95. The highest BCUT2D eigenvalue weighted by molar-refractivity contribution is 4.60. The highest BCUT2D eigenvalue weighted by atomic mass is 16.5. The predicted octanol–water partition coefficient (Wildman–Crippen LogP) is 0.616. The lowest BCUT2D eigenvalue weighted by Crippen LogP contribution is -2.27. The fourth-order valence-corrected chi connectivity index (χ4v) is 0.641. The molecule has 0 aromatic heterocycles. The molecule has 2 heteroatoms. The Balaban J connectivity index is 3.35. The average Bonchev–Trinajstić information content (AvgIpc) is 1.69. The van der Waals surface area contributed by atoms with Gasteiger partial charge in [-0.3, -0.25) is 0 Å². The third-order valence-corrected chi connectivity index (χ3v) is 1.28. The van der Waals surface area contributed by atoms with Gasteiger partial charge in [-0.1, -0.05) is 13.8 Å². The monoisotopic (exact) mass is 117 g/mol. The molecule has 0 heterocycles. The van der Waals surface area contributed by atoms with Crippen LogP contribution in [0.25, 0.3) is 0 Å². The van der Waals surface area contributed by atoms with E-state index in [0.29, 0.717) is 12.5 Å².